The molecule has 12 heteroatoms. The molecule has 4 atom stereocenters. The van der Waals surface area contributed by atoms with E-state index in [2.05, 4.69) is 15.0 Å². The number of hydrogen-bond acceptors (Lipinski definition) is 9. The van der Waals surface area contributed by atoms with Crippen molar-refractivity contribution in [2.45, 2.75) is 32.0 Å². The molecule has 45 heavy (non-hydrogen) atoms. The zero-order chi connectivity index (χ0) is 31.4. The Labute approximate surface area is 268 Å². The van der Waals surface area contributed by atoms with Gasteiger partial charge < -0.3 is 18.9 Å². The molecular weight excluding hydrogens is 619 g/mol. The van der Waals surface area contributed by atoms with Crippen molar-refractivity contribution < 1.29 is 28.5 Å². The SMILES string of the molecule is C[C@@]1(COCc2ccccc2)[C@H](OC(=O)c2ccccc2)[C@@H](COC(=O)c2ccccc2)O[C@H]1n1cnc2c(Cl)nc(Cl)nc21. The molecule has 1 fully saturated rings. The lowest BCUT2D eigenvalue weighted by Gasteiger charge is -2.35. The third-order valence-corrected chi connectivity index (χ3v) is 8.05. The van der Waals surface area contributed by atoms with Crippen LogP contribution in [0.25, 0.3) is 11.2 Å². The van der Waals surface area contributed by atoms with Gasteiger partial charge in [-0.25, -0.2) is 19.6 Å². The number of aromatic nitrogens is 4. The maximum atomic E-state index is 13.5. The largest absolute Gasteiger partial charge is 0.459 e. The molecule has 10 nitrogen and oxygen atoms in total. The third-order valence-electron chi connectivity index (χ3n) is 7.62. The number of halogens is 2. The van der Waals surface area contributed by atoms with E-state index in [9.17, 15) is 9.59 Å². The van der Waals surface area contributed by atoms with Crippen LogP contribution in [0.1, 0.15) is 39.4 Å². The highest BCUT2D eigenvalue weighted by Gasteiger charge is 2.58. The van der Waals surface area contributed by atoms with Crippen LogP contribution in [0, 0.1) is 5.41 Å². The lowest BCUT2D eigenvalue weighted by atomic mass is 9.82. The van der Waals surface area contributed by atoms with Gasteiger partial charge in [0.1, 0.15) is 30.6 Å². The zero-order valence-electron chi connectivity index (χ0n) is 24.1. The maximum Gasteiger partial charge on any atom is 0.338 e. The lowest BCUT2D eigenvalue weighted by Crippen LogP contribution is -2.45. The van der Waals surface area contributed by atoms with Crippen molar-refractivity contribution in [2.24, 2.45) is 5.41 Å². The van der Waals surface area contributed by atoms with Crippen LogP contribution < -0.4 is 0 Å². The van der Waals surface area contributed by atoms with Gasteiger partial charge >= 0.3 is 11.9 Å². The first-order chi connectivity index (χ1) is 21.8. The minimum Gasteiger partial charge on any atom is -0.459 e. The first-order valence-electron chi connectivity index (χ1n) is 14.1. The van der Waals surface area contributed by atoms with Crippen molar-refractivity contribution in [2.75, 3.05) is 13.2 Å². The molecule has 0 spiro atoms. The van der Waals surface area contributed by atoms with Crippen LogP contribution in [0.4, 0.5) is 0 Å². The number of imidazole rings is 1. The van der Waals surface area contributed by atoms with E-state index in [-0.39, 0.29) is 23.7 Å². The van der Waals surface area contributed by atoms with Gasteiger partial charge in [-0.15, -0.1) is 0 Å². The Hall–Kier alpha value is -4.35. The molecule has 5 aromatic rings. The van der Waals surface area contributed by atoms with Crippen LogP contribution in [0.15, 0.2) is 97.3 Å². The summed E-state index contributed by atoms with van der Waals surface area (Å²) in [7, 11) is 0. The Bertz CT molecular complexity index is 1790. The summed E-state index contributed by atoms with van der Waals surface area (Å²) in [6, 6.07) is 26.9. The van der Waals surface area contributed by atoms with Crippen LogP contribution in [0.5, 0.6) is 0 Å². The fourth-order valence-electron chi connectivity index (χ4n) is 5.40. The number of carbonyl (C=O) groups is 2. The first-order valence-corrected chi connectivity index (χ1v) is 14.9. The van der Waals surface area contributed by atoms with Crippen LogP contribution in [0.3, 0.4) is 0 Å². The van der Waals surface area contributed by atoms with Crippen molar-refractivity contribution in [1.82, 2.24) is 19.5 Å². The summed E-state index contributed by atoms with van der Waals surface area (Å²) in [5.41, 5.74) is 1.26. The molecule has 0 aliphatic carbocycles. The number of fused-ring (bicyclic) bond motifs is 1. The Kier molecular flexibility index (Phi) is 9.09. The number of ether oxygens (including phenoxy) is 4. The van der Waals surface area contributed by atoms with Gasteiger partial charge in [-0.2, -0.15) is 4.98 Å². The summed E-state index contributed by atoms with van der Waals surface area (Å²) in [6.07, 6.45) is -1.20. The molecule has 6 rings (SSSR count). The topological polar surface area (TPSA) is 115 Å². The molecule has 2 aromatic heterocycles. The highest BCUT2D eigenvalue weighted by atomic mass is 35.5. The number of carbonyl (C=O) groups excluding carboxylic acids is 2. The molecule has 0 saturated carbocycles. The average Bonchev–Trinajstić information content (AvgIpc) is 3.59. The molecular formula is C33H28Cl2N4O6. The van der Waals surface area contributed by atoms with E-state index in [0.29, 0.717) is 28.9 Å². The Morgan fingerprint density at radius 3 is 2.18 bits per heavy atom. The first kappa shape index (κ1) is 30.7. The Morgan fingerprint density at radius 1 is 0.889 bits per heavy atom. The van der Waals surface area contributed by atoms with Crippen molar-refractivity contribution in [1.29, 1.82) is 0 Å². The van der Waals surface area contributed by atoms with Crippen LogP contribution in [-0.4, -0.2) is 56.9 Å². The summed E-state index contributed by atoms with van der Waals surface area (Å²) in [5, 5.41) is -0.00107. The van der Waals surface area contributed by atoms with Gasteiger partial charge in [0, 0.05) is 0 Å². The number of nitrogens with zero attached hydrogens (tertiary/aromatic N) is 4. The lowest BCUT2D eigenvalue weighted by molar-refractivity contribution is -0.0763. The van der Waals surface area contributed by atoms with E-state index in [1.54, 1.807) is 65.2 Å². The third kappa shape index (κ3) is 6.55. The minimum absolute atomic E-state index is 0.0733. The van der Waals surface area contributed by atoms with Crippen molar-refractivity contribution >= 4 is 46.3 Å². The smallest absolute Gasteiger partial charge is 0.338 e. The van der Waals surface area contributed by atoms with E-state index < -0.39 is 35.8 Å². The highest BCUT2D eigenvalue weighted by Crippen LogP contribution is 2.49. The fourth-order valence-corrected chi connectivity index (χ4v) is 5.82. The molecule has 0 radical (unpaired) electrons. The summed E-state index contributed by atoms with van der Waals surface area (Å²) < 4.78 is 26.4. The summed E-state index contributed by atoms with van der Waals surface area (Å²) in [5.74, 6) is -1.11. The maximum absolute atomic E-state index is 13.5. The van der Waals surface area contributed by atoms with Gasteiger partial charge in [-0.3, -0.25) is 4.57 Å². The standard InChI is InChI=1S/C33H28Cl2N4O6/c1-33(19-42-17-21-11-5-2-6-12-21)26(45-30(41)23-15-9-4-10-16-23)24(18-43-29(40)22-13-7-3-8-14-22)44-31(33)39-20-36-25-27(34)37-32(35)38-28(25)39/h2-16,20,24,26,31H,17-19H2,1H3/t24-,26-,31-,33-/m1/s1. The zero-order valence-corrected chi connectivity index (χ0v) is 25.6. The molecule has 0 N–H and O–H groups in total. The molecule has 0 unspecified atom stereocenters. The quantitative estimate of drug-likeness (QED) is 0.0974. The monoisotopic (exact) mass is 646 g/mol. The molecule has 230 valence electrons. The predicted molar refractivity (Wildman–Crippen MR) is 166 cm³/mol. The molecule has 1 aliphatic heterocycles. The number of esters is 2. The summed E-state index contributed by atoms with van der Waals surface area (Å²) in [6.45, 7) is 2.03. The van der Waals surface area contributed by atoms with E-state index in [1.807, 2.05) is 37.3 Å². The number of hydrogen-bond donors (Lipinski definition) is 0. The van der Waals surface area contributed by atoms with E-state index in [4.69, 9.17) is 42.1 Å². The van der Waals surface area contributed by atoms with Gasteiger partial charge in [-0.1, -0.05) is 78.3 Å². The van der Waals surface area contributed by atoms with E-state index in [1.165, 1.54) is 6.33 Å². The van der Waals surface area contributed by atoms with Gasteiger partial charge in [-0.05, 0) is 48.4 Å². The molecule has 3 heterocycles. The second-order valence-corrected chi connectivity index (χ2v) is 11.5. The van der Waals surface area contributed by atoms with Gasteiger partial charge in [0.15, 0.2) is 10.8 Å². The van der Waals surface area contributed by atoms with Gasteiger partial charge in [0.2, 0.25) is 5.28 Å². The molecule has 3 aromatic carbocycles. The Balaban J connectivity index is 1.37. The Morgan fingerprint density at radius 2 is 1.51 bits per heavy atom. The number of rotatable bonds is 10. The fraction of sp³-hybridized carbons (Fsp3) is 0.242. The highest BCUT2D eigenvalue weighted by molar-refractivity contribution is 6.35. The van der Waals surface area contributed by atoms with Crippen LogP contribution in [0.2, 0.25) is 10.4 Å². The summed E-state index contributed by atoms with van der Waals surface area (Å²) in [4.78, 5) is 39.2. The van der Waals surface area contributed by atoms with Gasteiger partial charge in [0.25, 0.3) is 0 Å². The van der Waals surface area contributed by atoms with Crippen molar-refractivity contribution in [3.8, 4) is 0 Å². The number of benzene rings is 3. The average molecular weight is 648 g/mol. The van der Waals surface area contributed by atoms with Crippen molar-refractivity contribution in [3.05, 3.63) is 124 Å². The summed E-state index contributed by atoms with van der Waals surface area (Å²) >= 11 is 12.5. The second-order valence-electron chi connectivity index (χ2n) is 10.8. The molecule has 0 bridgehead atoms. The molecule has 1 aliphatic rings. The minimum atomic E-state index is -1.05. The predicted octanol–water partition coefficient (Wildman–Crippen LogP) is 6.34. The van der Waals surface area contributed by atoms with Crippen LogP contribution >= 0.6 is 23.2 Å². The molecule has 1 saturated heterocycles. The second kappa shape index (κ2) is 13.3. The molecule has 0 amide bonds. The van der Waals surface area contributed by atoms with Crippen LogP contribution in [-0.2, 0) is 25.6 Å². The van der Waals surface area contributed by atoms with Gasteiger partial charge in [0.05, 0.1) is 36.1 Å². The normalized spacial score (nSPS) is 21.1. The van der Waals surface area contributed by atoms with E-state index >= 15 is 0 Å². The van der Waals surface area contributed by atoms with E-state index in [0.717, 1.165) is 5.56 Å². The van der Waals surface area contributed by atoms with Crippen molar-refractivity contribution in [3.63, 3.8) is 0 Å².